The Bertz CT molecular complexity index is 679. The molecule has 1 rings (SSSR count). The number of hydrogen-bond acceptors (Lipinski definition) is 3. The molecule has 0 aromatic rings. The predicted molar refractivity (Wildman–Crippen MR) is 153 cm³/mol. The van der Waals surface area contributed by atoms with Crippen molar-refractivity contribution >= 4 is 16.6 Å². The molecule has 1 N–H and O–H groups in total. The second kappa shape index (κ2) is 12.7. The highest BCUT2D eigenvalue weighted by atomic mass is 28.4. The molecular weight excluding hydrogens is 452 g/mol. The zero-order valence-corrected chi connectivity index (χ0v) is 26.3. The Labute approximate surface area is 214 Å². The Kier molecular flexibility index (Phi) is 11.8. The van der Waals surface area contributed by atoms with Crippen LogP contribution in [0.3, 0.4) is 0 Å². The zero-order valence-electron chi connectivity index (χ0n) is 24.3. The van der Waals surface area contributed by atoms with Crippen molar-refractivity contribution in [1.82, 2.24) is 0 Å². The van der Waals surface area contributed by atoms with E-state index < -0.39 is 16.6 Å². The van der Waals surface area contributed by atoms with Crippen LogP contribution in [0.4, 0.5) is 0 Å². The van der Waals surface area contributed by atoms with Gasteiger partial charge in [-0.05, 0) is 60.9 Å². The van der Waals surface area contributed by atoms with Gasteiger partial charge in [0.2, 0.25) is 0 Å². The average molecular weight is 509 g/mol. The van der Waals surface area contributed by atoms with E-state index in [1.165, 1.54) is 19.3 Å². The highest BCUT2D eigenvalue weighted by molar-refractivity contribution is 6.74. The molecule has 0 spiro atoms. The van der Waals surface area contributed by atoms with E-state index >= 15 is 0 Å². The molecule has 1 aliphatic carbocycles. The van der Waals surface area contributed by atoms with Crippen molar-refractivity contribution < 1.29 is 14.0 Å². The van der Waals surface area contributed by atoms with Crippen molar-refractivity contribution in [2.24, 2.45) is 17.8 Å². The highest BCUT2D eigenvalue weighted by Crippen LogP contribution is 2.46. The van der Waals surface area contributed by atoms with Gasteiger partial charge < -0.3 is 14.0 Å². The lowest BCUT2D eigenvalue weighted by Crippen LogP contribution is -2.45. The maximum Gasteiger partial charge on any atom is 0.192 e. The minimum absolute atomic E-state index is 0.108. The second-order valence-electron chi connectivity index (χ2n) is 13.5. The first-order valence-electron chi connectivity index (χ1n) is 13.6. The summed E-state index contributed by atoms with van der Waals surface area (Å²) in [5.41, 5.74) is 0. The van der Waals surface area contributed by atoms with E-state index in [-0.39, 0.29) is 46.6 Å². The van der Waals surface area contributed by atoms with Crippen molar-refractivity contribution in [3.8, 4) is 12.3 Å². The van der Waals surface area contributed by atoms with Crippen LogP contribution in [-0.4, -0.2) is 40.6 Å². The van der Waals surface area contributed by atoms with E-state index in [4.69, 9.17) is 15.3 Å². The first-order valence-corrected chi connectivity index (χ1v) is 19.4. The molecular formula is C29H56O3Si2. The number of terminal acetylenes is 1. The molecule has 198 valence electrons. The third-order valence-corrected chi connectivity index (χ3v) is 17.8. The van der Waals surface area contributed by atoms with Gasteiger partial charge in [0.15, 0.2) is 16.6 Å². The molecule has 1 saturated carbocycles. The largest absolute Gasteiger partial charge is 0.413 e. The van der Waals surface area contributed by atoms with Crippen molar-refractivity contribution in [3.05, 3.63) is 12.2 Å². The lowest BCUT2D eigenvalue weighted by atomic mass is 9.86. The highest BCUT2D eigenvalue weighted by Gasteiger charge is 2.47. The van der Waals surface area contributed by atoms with Crippen LogP contribution in [0.25, 0.3) is 0 Å². The third-order valence-electron chi connectivity index (χ3n) is 8.80. The molecule has 0 radical (unpaired) electrons. The molecule has 1 aliphatic rings. The van der Waals surface area contributed by atoms with Crippen LogP contribution in [-0.2, 0) is 8.85 Å². The van der Waals surface area contributed by atoms with Gasteiger partial charge in [-0.15, -0.1) is 12.3 Å². The molecule has 0 saturated heterocycles. The van der Waals surface area contributed by atoms with Gasteiger partial charge >= 0.3 is 0 Å². The smallest absolute Gasteiger partial charge is 0.192 e. The van der Waals surface area contributed by atoms with E-state index in [2.05, 4.69) is 92.7 Å². The molecule has 0 aromatic heterocycles. The summed E-state index contributed by atoms with van der Waals surface area (Å²) in [4.78, 5) is 0. The molecule has 0 heterocycles. The van der Waals surface area contributed by atoms with Gasteiger partial charge in [-0.2, -0.15) is 0 Å². The lowest BCUT2D eigenvalue weighted by molar-refractivity contribution is 0.147. The molecule has 0 unspecified atom stereocenters. The normalized spacial score (nSPS) is 25.6. The summed E-state index contributed by atoms with van der Waals surface area (Å²) in [6.45, 7) is 25.5. The van der Waals surface area contributed by atoms with E-state index in [0.29, 0.717) is 6.42 Å². The molecule has 34 heavy (non-hydrogen) atoms. The Hall–Kier alpha value is -0.386. The van der Waals surface area contributed by atoms with Crippen LogP contribution < -0.4 is 0 Å². The quantitative estimate of drug-likeness (QED) is 0.125. The number of unbranched alkanes of at least 4 members (excludes halogenated alkanes) is 2. The summed E-state index contributed by atoms with van der Waals surface area (Å²) in [7, 11) is -3.83. The molecule has 0 bridgehead atoms. The van der Waals surface area contributed by atoms with Gasteiger partial charge in [-0.1, -0.05) is 79.9 Å². The van der Waals surface area contributed by atoms with Crippen LogP contribution in [0, 0.1) is 30.1 Å². The summed E-state index contributed by atoms with van der Waals surface area (Å²) < 4.78 is 13.8. The van der Waals surface area contributed by atoms with Crippen LogP contribution in [0.1, 0.15) is 87.0 Å². The summed E-state index contributed by atoms with van der Waals surface area (Å²) in [5.74, 6) is 3.56. The van der Waals surface area contributed by atoms with Crippen LogP contribution in [0.2, 0.25) is 36.3 Å². The first-order chi connectivity index (χ1) is 15.5. The minimum Gasteiger partial charge on any atom is -0.413 e. The molecule has 0 aromatic carbocycles. The van der Waals surface area contributed by atoms with Crippen molar-refractivity contribution in [2.45, 2.75) is 135 Å². The van der Waals surface area contributed by atoms with E-state index in [1.54, 1.807) is 0 Å². The van der Waals surface area contributed by atoms with Crippen LogP contribution in [0.5, 0.6) is 0 Å². The van der Waals surface area contributed by atoms with Gasteiger partial charge in [0.05, 0.1) is 12.2 Å². The average Bonchev–Trinajstić information content (AvgIpc) is 3.00. The van der Waals surface area contributed by atoms with Crippen molar-refractivity contribution in [3.63, 3.8) is 0 Å². The summed E-state index contributed by atoms with van der Waals surface area (Å²) in [6, 6.07) is 0. The monoisotopic (exact) mass is 508 g/mol. The maximum atomic E-state index is 10.2. The Balaban J connectivity index is 3.26. The summed E-state index contributed by atoms with van der Waals surface area (Å²) in [6.07, 6.45) is 17.0. The van der Waals surface area contributed by atoms with Crippen LogP contribution in [0.15, 0.2) is 12.2 Å². The topological polar surface area (TPSA) is 38.7 Å². The number of hydrogen-bond donors (Lipinski definition) is 1. The summed E-state index contributed by atoms with van der Waals surface area (Å²) >= 11 is 0. The minimum atomic E-state index is -1.94. The number of aliphatic hydroxyl groups is 1. The standard InChI is InChI=1S/C29H56O3Si2/c1-13-15-16-18-24(31-33(9,10)28(3,4)5)19-20-26-25(17-14-2)23(22-30)21-27(26)32-34(11,12)29(6,7)8/h2,19-20,23-27,30H,13,15-18,21-22H2,1,3-12H3/t23-,24+,25-,26-,27-/m1/s1. The van der Waals surface area contributed by atoms with Gasteiger partial charge in [0.25, 0.3) is 0 Å². The third kappa shape index (κ3) is 8.62. The predicted octanol–water partition coefficient (Wildman–Crippen LogP) is 8.17. The molecule has 1 fully saturated rings. The Morgan fingerprint density at radius 3 is 2.09 bits per heavy atom. The lowest BCUT2D eigenvalue weighted by Gasteiger charge is -2.40. The molecule has 0 aliphatic heterocycles. The maximum absolute atomic E-state index is 10.2. The molecule has 5 heteroatoms. The van der Waals surface area contributed by atoms with Gasteiger partial charge in [0, 0.05) is 18.9 Å². The SMILES string of the molecule is C#CC[C@@H]1[C@@H](CO)C[C@@H](O[Si](C)(C)C(C)(C)C)[C@@H]1C=C[C@H](CCCCC)O[Si](C)(C)C(C)(C)C. The molecule has 0 amide bonds. The Morgan fingerprint density at radius 1 is 1.03 bits per heavy atom. The Morgan fingerprint density at radius 2 is 1.62 bits per heavy atom. The fourth-order valence-corrected chi connectivity index (χ4v) is 7.09. The number of rotatable bonds is 12. The van der Waals surface area contributed by atoms with Crippen molar-refractivity contribution in [1.29, 1.82) is 0 Å². The molecule has 5 atom stereocenters. The summed E-state index contributed by atoms with van der Waals surface area (Å²) in [5, 5.41) is 10.5. The van der Waals surface area contributed by atoms with Crippen LogP contribution >= 0.6 is 0 Å². The zero-order chi connectivity index (χ0) is 26.4. The second-order valence-corrected chi connectivity index (χ2v) is 23.1. The van der Waals surface area contributed by atoms with Crippen molar-refractivity contribution in [2.75, 3.05) is 6.61 Å². The fraction of sp³-hybridized carbons (Fsp3) is 0.862. The first kappa shape index (κ1) is 31.6. The van der Waals surface area contributed by atoms with Gasteiger partial charge in [0.1, 0.15) is 0 Å². The van der Waals surface area contributed by atoms with E-state index in [9.17, 15) is 5.11 Å². The fourth-order valence-electron chi connectivity index (χ4n) is 4.41. The number of aliphatic hydroxyl groups excluding tert-OH is 1. The van der Waals surface area contributed by atoms with E-state index in [1.807, 2.05) is 0 Å². The van der Waals surface area contributed by atoms with Gasteiger partial charge in [-0.25, -0.2) is 0 Å². The van der Waals surface area contributed by atoms with E-state index in [0.717, 1.165) is 12.8 Å². The van der Waals surface area contributed by atoms with Gasteiger partial charge in [-0.3, -0.25) is 0 Å². The molecule has 3 nitrogen and oxygen atoms in total.